The SMILES string of the molecule is CN1C=CN(C=S)C1.Cl. The van der Waals surface area contributed by atoms with Crippen LogP contribution in [-0.2, 0) is 0 Å². The molecular weight excluding hydrogens is 156 g/mol. The maximum absolute atomic E-state index is 4.69. The maximum Gasteiger partial charge on any atom is 0.0941 e. The normalized spacial score (nSPS) is 15.7. The number of rotatable bonds is 1. The van der Waals surface area contributed by atoms with Gasteiger partial charge in [0.1, 0.15) is 0 Å². The second-order valence-corrected chi connectivity index (χ2v) is 2.03. The van der Waals surface area contributed by atoms with Gasteiger partial charge in [-0.05, 0) is 0 Å². The molecule has 1 heterocycles. The molecule has 0 saturated carbocycles. The Bertz CT molecular complexity index is 126. The van der Waals surface area contributed by atoms with Gasteiger partial charge in [-0.15, -0.1) is 12.4 Å². The van der Waals surface area contributed by atoms with Crippen LogP contribution >= 0.6 is 24.6 Å². The fourth-order valence-electron chi connectivity index (χ4n) is 0.620. The first-order chi connectivity index (χ1) is 3.83. The van der Waals surface area contributed by atoms with Crippen LogP contribution in [0.1, 0.15) is 0 Å². The number of hydrogen-bond acceptors (Lipinski definition) is 2. The molecule has 2 nitrogen and oxygen atoms in total. The van der Waals surface area contributed by atoms with E-state index in [1.807, 2.05) is 24.3 Å². The summed E-state index contributed by atoms with van der Waals surface area (Å²) in [5.74, 6) is 0. The van der Waals surface area contributed by atoms with Gasteiger partial charge < -0.3 is 9.80 Å². The van der Waals surface area contributed by atoms with E-state index in [0.29, 0.717) is 0 Å². The standard InChI is InChI=1S/C5H8N2S.ClH/c1-6-2-3-7(4-6)5-8;/h2-3,5H,4H2,1H3;1H. The van der Waals surface area contributed by atoms with E-state index in [0.717, 1.165) is 6.67 Å². The Hall–Kier alpha value is -0.280. The van der Waals surface area contributed by atoms with Crippen LogP contribution in [0, 0.1) is 0 Å². The lowest BCUT2D eigenvalue weighted by molar-refractivity contribution is 0.394. The van der Waals surface area contributed by atoms with Gasteiger partial charge in [-0.3, -0.25) is 0 Å². The Labute approximate surface area is 66.5 Å². The minimum atomic E-state index is 0. The van der Waals surface area contributed by atoms with Gasteiger partial charge in [-0.2, -0.15) is 0 Å². The Balaban J connectivity index is 0.000000640. The van der Waals surface area contributed by atoms with Crippen LogP contribution in [0.15, 0.2) is 12.4 Å². The molecule has 1 aliphatic rings. The van der Waals surface area contributed by atoms with E-state index in [9.17, 15) is 0 Å². The lowest BCUT2D eigenvalue weighted by atomic mass is 10.9. The van der Waals surface area contributed by atoms with Crippen LogP contribution in [0.4, 0.5) is 0 Å². The molecule has 1 aliphatic heterocycles. The van der Waals surface area contributed by atoms with E-state index in [2.05, 4.69) is 17.1 Å². The minimum absolute atomic E-state index is 0. The zero-order valence-electron chi connectivity index (χ0n) is 5.15. The predicted octanol–water partition coefficient (Wildman–Crippen LogP) is 1.04. The van der Waals surface area contributed by atoms with E-state index in [1.165, 1.54) is 0 Å². The summed E-state index contributed by atoms with van der Waals surface area (Å²) in [4.78, 5) is 4.00. The Morgan fingerprint density at radius 1 is 1.56 bits per heavy atom. The summed E-state index contributed by atoms with van der Waals surface area (Å²) in [6.07, 6.45) is 3.94. The maximum atomic E-state index is 4.69. The molecule has 0 atom stereocenters. The predicted molar refractivity (Wildman–Crippen MR) is 44.5 cm³/mol. The van der Waals surface area contributed by atoms with Crippen molar-refractivity contribution in [2.45, 2.75) is 0 Å². The molecule has 0 unspecified atom stereocenters. The zero-order valence-corrected chi connectivity index (χ0v) is 6.78. The fourth-order valence-corrected chi connectivity index (χ4v) is 0.757. The second kappa shape index (κ2) is 3.69. The number of nitrogens with zero attached hydrogens (tertiary/aromatic N) is 2. The van der Waals surface area contributed by atoms with Gasteiger partial charge in [0.15, 0.2) is 0 Å². The first-order valence-corrected chi connectivity index (χ1v) is 2.89. The van der Waals surface area contributed by atoms with E-state index < -0.39 is 0 Å². The second-order valence-electron chi connectivity index (χ2n) is 1.82. The highest BCUT2D eigenvalue weighted by atomic mass is 35.5. The van der Waals surface area contributed by atoms with Crippen molar-refractivity contribution in [3.63, 3.8) is 0 Å². The molecule has 0 N–H and O–H groups in total. The third kappa shape index (κ3) is 2.20. The van der Waals surface area contributed by atoms with E-state index >= 15 is 0 Å². The Morgan fingerprint density at radius 2 is 2.22 bits per heavy atom. The van der Waals surface area contributed by atoms with Crippen molar-refractivity contribution in [1.82, 2.24) is 9.80 Å². The highest BCUT2D eigenvalue weighted by Crippen LogP contribution is 1.99. The van der Waals surface area contributed by atoms with Crippen LogP contribution in [-0.4, -0.2) is 29.0 Å². The molecule has 52 valence electrons. The zero-order chi connectivity index (χ0) is 5.98. The van der Waals surface area contributed by atoms with Crippen LogP contribution < -0.4 is 0 Å². The quantitative estimate of drug-likeness (QED) is 0.535. The van der Waals surface area contributed by atoms with Crippen molar-refractivity contribution in [1.29, 1.82) is 0 Å². The molecule has 9 heavy (non-hydrogen) atoms. The molecule has 0 saturated heterocycles. The van der Waals surface area contributed by atoms with Gasteiger partial charge in [0, 0.05) is 19.4 Å². The first-order valence-electron chi connectivity index (χ1n) is 2.42. The summed E-state index contributed by atoms with van der Waals surface area (Å²) in [5, 5.41) is 0. The topological polar surface area (TPSA) is 6.48 Å². The van der Waals surface area contributed by atoms with Crippen LogP contribution in [0.2, 0.25) is 0 Å². The van der Waals surface area contributed by atoms with Gasteiger partial charge in [0.25, 0.3) is 0 Å². The third-order valence-corrected chi connectivity index (χ3v) is 1.31. The molecule has 1 rings (SSSR count). The fraction of sp³-hybridized carbons (Fsp3) is 0.400. The number of halogens is 1. The molecule has 0 radical (unpaired) electrons. The van der Waals surface area contributed by atoms with Gasteiger partial charge in [-0.25, -0.2) is 0 Å². The smallest absolute Gasteiger partial charge is 0.0941 e. The lowest BCUT2D eigenvalue weighted by Gasteiger charge is -2.10. The molecule has 0 spiro atoms. The van der Waals surface area contributed by atoms with E-state index in [-0.39, 0.29) is 12.4 Å². The minimum Gasteiger partial charge on any atom is -0.361 e. The molecule has 0 aliphatic carbocycles. The van der Waals surface area contributed by atoms with Gasteiger partial charge in [-0.1, -0.05) is 12.2 Å². The molecule has 0 bridgehead atoms. The van der Waals surface area contributed by atoms with Crippen molar-refractivity contribution in [2.75, 3.05) is 13.7 Å². The van der Waals surface area contributed by atoms with Crippen LogP contribution in [0.25, 0.3) is 0 Å². The average Bonchev–Trinajstić information content (AvgIpc) is 2.14. The Morgan fingerprint density at radius 3 is 2.44 bits per heavy atom. The monoisotopic (exact) mass is 164 g/mol. The highest BCUT2D eigenvalue weighted by Gasteiger charge is 2.02. The summed E-state index contributed by atoms with van der Waals surface area (Å²) in [5.41, 5.74) is 1.64. The average molecular weight is 165 g/mol. The van der Waals surface area contributed by atoms with Crippen LogP contribution in [0.5, 0.6) is 0 Å². The molecule has 0 fully saturated rings. The third-order valence-electron chi connectivity index (χ3n) is 1.03. The molecular formula is C5H9ClN2S. The highest BCUT2D eigenvalue weighted by molar-refractivity contribution is 7.78. The molecule has 4 heteroatoms. The van der Waals surface area contributed by atoms with Crippen molar-refractivity contribution in [3.05, 3.63) is 12.4 Å². The molecule has 0 aromatic carbocycles. The molecule has 0 amide bonds. The van der Waals surface area contributed by atoms with Crippen molar-refractivity contribution in [3.8, 4) is 0 Å². The molecule has 0 aromatic heterocycles. The summed E-state index contributed by atoms with van der Waals surface area (Å²) in [7, 11) is 2.01. The molecule has 0 aromatic rings. The summed E-state index contributed by atoms with van der Waals surface area (Å²) >= 11 is 4.69. The van der Waals surface area contributed by atoms with E-state index in [4.69, 9.17) is 0 Å². The van der Waals surface area contributed by atoms with Crippen molar-refractivity contribution >= 4 is 30.1 Å². The Kier molecular flexibility index (Phi) is 3.58. The lowest BCUT2D eigenvalue weighted by Crippen LogP contribution is -2.19. The number of thiocarbonyl (C=S) groups is 1. The summed E-state index contributed by atoms with van der Waals surface area (Å²) in [6, 6.07) is 0. The van der Waals surface area contributed by atoms with Crippen LogP contribution in [0.3, 0.4) is 0 Å². The van der Waals surface area contributed by atoms with Crippen molar-refractivity contribution < 1.29 is 0 Å². The van der Waals surface area contributed by atoms with E-state index in [1.54, 1.807) is 5.49 Å². The van der Waals surface area contributed by atoms with Crippen molar-refractivity contribution in [2.24, 2.45) is 0 Å². The largest absolute Gasteiger partial charge is 0.361 e. The number of hydrogen-bond donors (Lipinski definition) is 0. The summed E-state index contributed by atoms with van der Waals surface area (Å²) < 4.78 is 0. The van der Waals surface area contributed by atoms with Gasteiger partial charge in [0.05, 0.1) is 12.2 Å². The van der Waals surface area contributed by atoms with Gasteiger partial charge in [0.2, 0.25) is 0 Å². The summed E-state index contributed by atoms with van der Waals surface area (Å²) in [6.45, 7) is 0.892. The van der Waals surface area contributed by atoms with Gasteiger partial charge >= 0.3 is 0 Å². The first kappa shape index (κ1) is 8.72.